The predicted octanol–water partition coefficient (Wildman–Crippen LogP) is 3.27. The summed E-state index contributed by atoms with van der Waals surface area (Å²) < 4.78 is 23.7. The lowest BCUT2D eigenvalue weighted by Gasteiger charge is -2.18. The molecule has 0 spiro atoms. The van der Waals surface area contributed by atoms with Crippen LogP contribution in [-0.2, 0) is 22.1 Å². The fraction of sp³-hybridized carbons (Fsp3) is 0.235. The van der Waals surface area contributed by atoms with Crippen LogP contribution in [0.5, 0.6) is 0 Å². The number of hydrogen-bond donors (Lipinski definition) is 0. The van der Waals surface area contributed by atoms with Crippen molar-refractivity contribution >= 4 is 31.7 Å². The molecule has 0 aliphatic rings. The number of carbonyl (C=O) groups excluding carboxylic acids is 1. The highest BCUT2D eigenvalue weighted by atomic mass is 79.9. The maximum Gasteiger partial charge on any atom is 0.253 e. The summed E-state index contributed by atoms with van der Waals surface area (Å²) in [5.74, 6) is -0.210. The Morgan fingerprint density at radius 1 is 1.13 bits per heavy atom. The second-order valence-electron chi connectivity index (χ2n) is 5.52. The van der Waals surface area contributed by atoms with Gasteiger partial charge in [0.05, 0.1) is 5.75 Å². The van der Waals surface area contributed by atoms with Gasteiger partial charge in [0, 0.05) is 29.9 Å². The van der Waals surface area contributed by atoms with Gasteiger partial charge in [-0.15, -0.1) is 0 Å². The van der Waals surface area contributed by atoms with E-state index in [-0.39, 0.29) is 11.7 Å². The van der Waals surface area contributed by atoms with E-state index in [2.05, 4.69) is 15.9 Å². The highest BCUT2D eigenvalue weighted by Gasteiger charge is 2.14. The van der Waals surface area contributed by atoms with Gasteiger partial charge in [-0.2, -0.15) is 0 Å². The maximum atomic E-state index is 12.5. The molecular weight excluding hydrogens is 378 g/mol. The molecule has 2 rings (SSSR count). The van der Waals surface area contributed by atoms with Gasteiger partial charge in [-0.3, -0.25) is 4.79 Å². The largest absolute Gasteiger partial charge is 0.337 e. The summed E-state index contributed by atoms with van der Waals surface area (Å²) in [5, 5.41) is 0. The number of benzene rings is 2. The van der Waals surface area contributed by atoms with Crippen LogP contribution in [0.3, 0.4) is 0 Å². The van der Waals surface area contributed by atoms with E-state index in [0.29, 0.717) is 17.7 Å². The Kier molecular flexibility index (Phi) is 5.59. The van der Waals surface area contributed by atoms with Crippen LogP contribution in [0.4, 0.5) is 0 Å². The Balaban J connectivity index is 2.16. The van der Waals surface area contributed by atoms with E-state index in [9.17, 15) is 13.2 Å². The molecule has 0 bridgehead atoms. The molecule has 23 heavy (non-hydrogen) atoms. The third-order valence-corrected chi connectivity index (χ3v) is 4.95. The second-order valence-corrected chi connectivity index (χ2v) is 8.52. The van der Waals surface area contributed by atoms with E-state index < -0.39 is 9.84 Å². The zero-order valence-corrected chi connectivity index (χ0v) is 15.4. The molecular formula is C17H18BrNO3S. The van der Waals surface area contributed by atoms with Crippen LogP contribution in [0.2, 0.25) is 0 Å². The Morgan fingerprint density at radius 3 is 2.48 bits per heavy atom. The molecule has 0 N–H and O–H groups in total. The second kappa shape index (κ2) is 7.27. The molecule has 6 heteroatoms. The molecule has 0 saturated heterocycles. The third-order valence-electron chi connectivity index (χ3n) is 3.31. The van der Waals surface area contributed by atoms with E-state index in [1.54, 1.807) is 36.2 Å². The average molecular weight is 396 g/mol. The molecule has 0 aliphatic carbocycles. The summed E-state index contributed by atoms with van der Waals surface area (Å²) in [5.41, 5.74) is 2.11. The van der Waals surface area contributed by atoms with Crippen LogP contribution in [0.15, 0.2) is 53.0 Å². The minimum absolute atomic E-state index is 0.0674. The maximum absolute atomic E-state index is 12.5. The van der Waals surface area contributed by atoms with Crippen molar-refractivity contribution in [2.24, 2.45) is 0 Å². The quantitative estimate of drug-likeness (QED) is 0.780. The van der Waals surface area contributed by atoms with Crippen LogP contribution in [0.25, 0.3) is 0 Å². The number of sulfone groups is 1. The molecule has 0 radical (unpaired) electrons. The van der Waals surface area contributed by atoms with Crippen LogP contribution < -0.4 is 0 Å². The van der Waals surface area contributed by atoms with Crippen LogP contribution in [-0.4, -0.2) is 32.5 Å². The topological polar surface area (TPSA) is 54.5 Å². The number of hydrogen-bond acceptors (Lipinski definition) is 3. The number of halogens is 1. The van der Waals surface area contributed by atoms with Gasteiger partial charge < -0.3 is 4.90 Å². The molecule has 122 valence electrons. The minimum Gasteiger partial charge on any atom is -0.337 e. The van der Waals surface area contributed by atoms with Crippen LogP contribution >= 0.6 is 15.9 Å². The van der Waals surface area contributed by atoms with Crippen molar-refractivity contribution in [1.82, 2.24) is 4.90 Å². The smallest absolute Gasteiger partial charge is 0.253 e. The SMILES string of the molecule is CN(Cc1ccccc1Br)C(=O)c1cccc(CS(C)(=O)=O)c1. The Labute approximate surface area is 145 Å². The Bertz CT molecular complexity index is 818. The van der Waals surface area contributed by atoms with Crippen molar-refractivity contribution in [3.8, 4) is 0 Å². The van der Waals surface area contributed by atoms with Crippen LogP contribution in [0, 0.1) is 0 Å². The zero-order chi connectivity index (χ0) is 17.0. The van der Waals surface area contributed by atoms with E-state index in [1.165, 1.54) is 6.26 Å². The summed E-state index contributed by atoms with van der Waals surface area (Å²) >= 11 is 3.47. The summed E-state index contributed by atoms with van der Waals surface area (Å²) in [6.45, 7) is 0.469. The molecule has 0 heterocycles. The normalized spacial score (nSPS) is 11.3. The minimum atomic E-state index is -3.13. The van der Waals surface area contributed by atoms with E-state index in [0.717, 1.165) is 10.0 Å². The third kappa shape index (κ3) is 5.18. The fourth-order valence-corrected chi connectivity index (χ4v) is 3.47. The fourth-order valence-electron chi connectivity index (χ4n) is 2.27. The summed E-state index contributed by atoms with van der Waals surface area (Å²) in [6.07, 6.45) is 1.18. The van der Waals surface area contributed by atoms with E-state index in [1.807, 2.05) is 24.3 Å². The molecule has 0 unspecified atom stereocenters. The van der Waals surface area contributed by atoms with Gasteiger partial charge in [0.1, 0.15) is 0 Å². The molecule has 0 saturated carbocycles. The predicted molar refractivity (Wildman–Crippen MR) is 94.9 cm³/mol. The standard InChI is InChI=1S/C17H18BrNO3S/c1-19(11-15-7-3-4-9-16(15)18)17(20)14-8-5-6-13(10-14)12-23(2,21)22/h3-10H,11-12H2,1-2H3. The van der Waals surface area contributed by atoms with Gasteiger partial charge in [-0.25, -0.2) is 8.42 Å². The lowest BCUT2D eigenvalue weighted by Crippen LogP contribution is -2.26. The first kappa shape index (κ1) is 17.7. The molecule has 0 aliphatic heterocycles. The van der Waals surface area contributed by atoms with Gasteiger partial charge >= 0.3 is 0 Å². The van der Waals surface area contributed by atoms with Gasteiger partial charge in [-0.1, -0.05) is 46.3 Å². The van der Waals surface area contributed by atoms with Crippen molar-refractivity contribution in [2.45, 2.75) is 12.3 Å². The van der Waals surface area contributed by atoms with E-state index >= 15 is 0 Å². The highest BCUT2D eigenvalue weighted by molar-refractivity contribution is 9.10. The number of carbonyl (C=O) groups is 1. The highest BCUT2D eigenvalue weighted by Crippen LogP contribution is 2.18. The molecule has 2 aromatic carbocycles. The molecule has 1 amide bonds. The van der Waals surface area contributed by atoms with Gasteiger partial charge in [-0.05, 0) is 29.3 Å². The lowest BCUT2D eigenvalue weighted by atomic mass is 10.1. The van der Waals surface area contributed by atoms with Crippen molar-refractivity contribution < 1.29 is 13.2 Å². The Morgan fingerprint density at radius 2 is 1.83 bits per heavy atom. The first-order chi connectivity index (χ1) is 10.8. The molecule has 4 nitrogen and oxygen atoms in total. The molecule has 2 aromatic rings. The number of rotatable bonds is 5. The first-order valence-electron chi connectivity index (χ1n) is 7.02. The summed E-state index contributed by atoms with van der Waals surface area (Å²) in [7, 11) is -1.40. The van der Waals surface area contributed by atoms with Crippen molar-refractivity contribution in [2.75, 3.05) is 13.3 Å². The van der Waals surface area contributed by atoms with Gasteiger partial charge in [0.15, 0.2) is 9.84 Å². The number of amides is 1. The van der Waals surface area contributed by atoms with Crippen molar-refractivity contribution in [1.29, 1.82) is 0 Å². The summed E-state index contributed by atoms with van der Waals surface area (Å²) in [4.78, 5) is 14.2. The van der Waals surface area contributed by atoms with Crippen molar-refractivity contribution in [3.63, 3.8) is 0 Å². The van der Waals surface area contributed by atoms with Gasteiger partial charge in [0.25, 0.3) is 5.91 Å². The monoisotopic (exact) mass is 395 g/mol. The van der Waals surface area contributed by atoms with Gasteiger partial charge in [0.2, 0.25) is 0 Å². The molecule has 0 aromatic heterocycles. The first-order valence-corrected chi connectivity index (χ1v) is 9.87. The summed E-state index contributed by atoms with van der Waals surface area (Å²) in [6, 6.07) is 14.5. The number of nitrogens with zero attached hydrogens (tertiary/aromatic N) is 1. The van der Waals surface area contributed by atoms with Crippen LogP contribution in [0.1, 0.15) is 21.5 Å². The average Bonchev–Trinajstić information content (AvgIpc) is 2.47. The molecule has 0 fully saturated rings. The Hall–Kier alpha value is -1.66. The van der Waals surface area contributed by atoms with Crippen molar-refractivity contribution in [3.05, 3.63) is 69.7 Å². The van der Waals surface area contributed by atoms with E-state index in [4.69, 9.17) is 0 Å². The lowest BCUT2D eigenvalue weighted by molar-refractivity contribution is 0.0784. The molecule has 0 atom stereocenters. The zero-order valence-electron chi connectivity index (χ0n) is 13.0.